The number of nitrogens with one attached hydrogen (secondary N) is 1. The average Bonchev–Trinajstić information content (AvgIpc) is 2.64. The Morgan fingerprint density at radius 3 is 2.76 bits per heavy atom. The SMILES string of the molecule is CCC1(CN=C2NC(CC(C)C)CS2)CCC1. The average molecular weight is 254 g/mol. The van der Waals surface area contributed by atoms with Crippen molar-refractivity contribution in [1.29, 1.82) is 0 Å². The van der Waals surface area contributed by atoms with Gasteiger partial charge in [-0.25, -0.2) is 0 Å². The van der Waals surface area contributed by atoms with Crippen LogP contribution in [-0.2, 0) is 0 Å². The molecule has 2 nitrogen and oxygen atoms in total. The van der Waals surface area contributed by atoms with Crippen LogP contribution in [0, 0.1) is 11.3 Å². The van der Waals surface area contributed by atoms with Gasteiger partial charge in [-0.15, -0.1) is 0 Å². The summed E-state index contributed by atoms with van der Waals surface area (Å²) < 4.78 is 0. The molecule has 1 heterocycles. The Hall–Kier alpha value is -0.180. The Labute approximate surface area is 110 Å². The topological polar surface area (TPSA) is 24.4 Å². The van der Waals surface area contributed by atoms with E-state index in [1.54, 1.807) is 0 Å². The molecule has 1 atom stereocenters. The van der Waals surface area contributed by atoms with E-state index in [0.29, 0.717) is 11.5 Å². The minimum Gasteiger partial charge on any atom is -0.361 e. The molecule has 2 aliphatic rings. The second-order valence-corrected chi connectivity index (χ2v) is 7.12. The number of amidine groups is 1. The van der Waals surface area contributed by atoms with Gasteiger partial charge in [-0.1, -0.05) is 39.0 Å². The lowest BCUT2D eigenvalue weighted by atomic mass is 9.67. The minimum atomic E-state index is 0.561. The van der Waals surface area contributed by atoms with Gasteiger partial charge in [-0.3, -0.25) is 4.99 Å². The first-order chi connectivity index (χ1) is 8.13. The van der Waals surface area contributed by atoms with Crippen LogP contribution in [0.5, 0.6) is 0 Å². The van der Waals surface area contributed by atoms with E-state index in [1.165, 1.54) is 43.0 Å². The zero-order valence-corrected chi connectivity index (χ0v) is 12.3. The highest BCUT2D eigenvalue weighted by atomic mass is 32.2. The quantitative estimate of drug-likeness (QED) is 0.809. The number of rotatable bonds is 5. The number of thioether (sulfide) groups is 1. The van der Waals surface area contributed by atoms with Crippen molar-refractivity contribution in [2.45, 2.75) is 58.9 Å². The molecule has 0 amide bonds. The van der Waals surface area contributed by atoms with Crippen LogP contribution in [0.1, 0.15) is 52.9 Å². The van der Waals surface area contributed by atoms with Gasteiger partial charge >= 0.3 is 0 Å². The molecule has 0 spiro atoms. The van der Waals surface area contributed by atoms with Crippen LogP contribution in [0.15, 0.2) is 4.99 Å². The van der Waals surface area contributed by atoms with Gasteiger partial charge in [0, 0.05) is 18.3 Å². The molecule has 2 fully saturated rings. The summed E-state index contributed by atoms with van der Waals surface area (Å²) in [6.45, 7) is 7.95. The van der Waals surface area contributed by atoms with E-state index in [4.69, 9.17) is 4.99 Å². The molecule has 1 aliphatic heterocycles. The van der Waals surface area contributed by atoms with E-state index in [2.05, 4.69) is 26.1 Å². The molecule has 2 rings (SSSR count). The first kappa shape index (κ1) is 13.3. The van der Waals surface area contributed by atoms with Crippen LogP contribution in [0.25, 0.3) is 0 Å². The Morgan fingerprint density at radius 1 is 1.47 bits per heavy atom. The van der Waals surface area contributed by atoms with E-state index >= 15 is 0 Å². The predicted molar refractivity (Wildman–Crippen MR) is 77.7 cm³/mol. The monoisotopic (exact) mass is 254 g/mol. The Morgan fingerprint density at radius 2 is 2.24 bits per heavy atom. The Kier molecular flexibility index (Phi) is 4.40. The molecule has 0 aromatic rings. The summed E-state index contributed by atoms with van der Waals surface area (Å²) in [5.41, 5.74) is 0.561. The van der Waals surface area contributed by atoms with E-state index in [-0.39, 0.29) is 0 Å². The lowest BCUT2D eigenvalue weighted by Gasteiger charge is -2.40. The van der Waals surface area contributed by atoms with Gasteiger partial charge in [0.05, 0.1) is 0 Å². The maximum absolute atomic E-state index is 4.81. The fraction of sp³-hybridized carbons (Fsp3) is 0.929. The zero-order valence-electron chi connectivity index (χ0n) is 11.5. The first-order valence-electron chi connectivity index (χ1n) is 7.07. The molecular formula is C14H26N2S. The molecule has 0 aromatic carbocycles. The van der Waals surface area contributed by atoms with Gasteiger partial charge < -0.3 is 5.32 Å². The third kappa shape index (κ3) is 3.40. The molecular weight excluding hydrogens is 228 g/mol. The number of nitrogens with zero attached hydrogens (tertiary/aromatic N) is 1. The molecule has 0 bridgehead atoms. The minimum absolute atomic E-state index is 0.561. The molecule has 1 unspecified atom stereocenters. The number of aliphatic imine (C=N–C) groups is 1. The van der Waals surface area contributed by atoms with E-state index in [1.807, 2.05) is 11.8 Å². The normalized spacial score (nSPS) is 29.4. The summed E-state index contributed by atoms with van der Waals surface area (Å²) in [7, 11) is 0. The molecule has 1 aliphatic carbocycles. The predicted octanol–water partition coefficient (Wildman–Crippen LogP) is 3.67. The summed E-state index contributed by atoms with van der Waals surface area (Å²) in [5.74, 6) is 1.98. The Balaban J connectivity index is 1.79. The molecule has 1 N–H and O–H groups in total. The summed E-state index contributed by atoms with van der Waals surface area (Å²) in [6.07, 6.45) is 6.75. The van der Waals surface area contributed by atoms with Crippen molar-refractivity contribution >= 4 is 16.9 Å². The van der Waals surface area contributed by atoms with Gasteiger partial charge in [0.15, 0.2) is 5.17 Å². The molecule has 0 aromatic heterocycles. The summed E-state index contributed by atoms with van der Waals surface area (Å²) in [5, 5.41) is 4.78. The van der Waals surface area contributed by atoms with E-state index in [9.17, 15) is 0 Å². The summed E-state index contributed by atoms with van der Waals surface area (Å²) >= 11 is 1.92. The first-order valence-corrected chi connectivity index (χ1v) is 8.06. The highest BCUT2D eigenvalue weighted by Gasteiger charge is 2.35. The standard InChI is InChI=1S/C14H26N2S/c1-4-14(6-5-7-14)10-15-13-16-12(9-17-13)8-11(2)3/h11-12H,4-10H2,1-3H3,(H,15,16). The maximum atomic E-state index is 4.81. The van der Waals surface area contributed by atoms with Crippen molar-refractivity contribution in [3.8, 4) is 0 Å². The summed E-state index contributed by atoms with van der Waals surface area (Å²) in [6, 6.07) is 0.651. The second kappa shape index (κ2) is 5.64. The molecule has 0 radical (unpaired) electrons. The van der Waals surface area contributed by atoms with Gasteiger partial charge in [0.1, 0.15) is 0 Å². The van der Waals surface area contributed by atoms with Crippen LogP contribution in [0.3, 0.4) is 0 Å². The van der Waals surface area contributed by atoms with Gasteiger partial charge in [0.25, 0.3) is 0 Å². The van der Waals surface area contributed by atoms with Crippen molar-refractivity contribution in [3.05, 3.63) is 0 Å². The van der Waals surface area contributed by atoms with Crippen LogP contribution in [0.2, 0.25) is 0 Å². The third-order valence-electron chi connectivity index (χ3n) is 4.23. The van der Waals surface area contributed by atoms with Crippen LogP contribution in [-0.4, -0.2) is 23.5 Å². The van der Waals surface area contributed by atoms with Gasteiger partial charge in [0.2, 0.25) is 0 Å². The molecule has 17 heavy (non-hydrogen) atoms. The fourth-order valence-electron chi connectivity index (χ4n) is 2.76. The van der Waals surface area contributed by atoms with Crippen LogP contribution < -0.4 is 5.32 Å². The van der Waals surface area contributed by atoms with E-state index < -0.39 is 0 Å². The van der Waals surface area contributed by atoms with Crippen LogP contribution >= 0.6 is 11.8 Å². The van der Waals surface area contributed by atoms with Crippen LogP contribution in [0.4, 0.5) is 0 Å². The molecule has 1 saturated carbocycles. The van der Waals surface area contributed by atoms with E-state index in [0.717, 1.165) is 12.5 Å². The molecule has 98 valence electrons. The second-order valence-electron chi connectivity index (χ2n) is 6.11. The Bertz CT molecular complexity index is 276. The van der Waals surface area contributed by atoms with Crippen molar-refractivity contribution in [2.24, 2.45) is 16.3 Å². The zero-order chi connectivity index (χ0) is 12.3. The molecule has 1 saturated heterocycles. The van der Waals surface area contributed by atoms with Crippen molar-refractivity contribution in [2.75, 3.05) is 12.3 Å². The van der Waals surface area contributed by atoms with Crippen molar-refractivity contribution in [1.82, 2.24) is 5.32 Å². The maximum Gasteiger partial charge on any atom is 0.156 e. The molecule has 3 heteroatoms. The number of hydrogen-bond donors (Lipinski definition) is 1. The highest BCUT2D eigenvalue weighted by Crippen LogP contribution is 2.44. The van der Waals surface area contributed by atoms with Gasteiger partial charge in [-0.2, -0.15) is 0 Å². The van der Waals surface area contributed by atoms with Gasteiger partial charge in [-0.05, 0) is 37.0 Å². The van der Waals surface area contributed by atoms with Crippen molar-refractivity contribution in [3.63, 3.8) is 0 Å². The number of hydrogen-bond acceptors (Lipinski definition) is 2. The largest absolute Gasteiger partial charge is 0.361 e. The van der Waals surface area contributed by atoms with Crippen molar-refractivity contribution < 1.29 is 0 Å². The third-order valence-corrected chi connectivity index (χ3v) is 5.32. The lowest BCUT2D eigenvalue weighted by molar-refractivity contribution is 0.139. The lowest BCUT2D eigenvalue weighted by Crippen LogP contribution is -2.33. The summed E-state index contributed by atoms with van der Waals surface area (Å²) in [4.78, 5) is 4.81. The smallest absolute Gasteiger partial charge is 0.156 e. The highest BCUT2D eigenvalue weighted by molar-refractivity contribution is 8.14. The fourth-order valence-corrected chi connectivity index (χ4v) is 3.75.